The van der Waals surface area contributed by atoms with Gasteiger partial charge in [-0.15, -0.1) is 23.5 Å². The van der Waals surface area contributed by atoms with E-state index in [9.17, 15) is 9.59 Å². The van der Waals surface area contributed by atoms with Crippen molar-refractivity contribution in [2.75, 3.05) is 29.6 Å². The van der Waals surface area contributed by atoms with Gasteiger partial charge in [-0.05, 0) is 56.8 Å². The Morgan fingerprint density at radius 2 is 1.26 bits per heavy atom. The van der Waals surface area contributed by atoms with E-state index in [1.807, 2.05) is 12.1 Å². The smallest absolute Gasteiger partial charge is 0.167 e. The predicted octanol–water partition coefficient (Wildman–Crippen LogP) is 6.50. The Morgan fingerprint density at radius 1 is 0.738 bits per heavy atom. The lowest BCUT2D eigenvalue weighted by Crippen LogP contribution is -2.16. The predicted molar refractivity (Wildman–Crippen MR) is 182 cm³/mol. The van der Waals surface area contributed by atoms with Gasteiger partial charge in [-0.3, -0.25) is 9.59 Å². The Hall–Kier alpha value is -2.78. The number of hydrogen-bond acceptors (Lipinski definition) is 8. The summed E-state index contributed by atoms with van der Waals surface area (Å²) in [4.78, 5) is 28.1. The van der Waals surface area contributed by atoms with Crippen LogP contribution in [0.1, 0.15) is 90.1 Å². The summed E-state index contributed by atoms with van der Waals surface area (Å²) in [5.41, 5.74) is 31.4. The first-order valence-electron chi connectivity index (χ1n) is 14.3. The van der Waals surface area contributed by atoms with Gasteiger partial charge in [0.05, 0.1) is 0 Å². The summed E-state index contributed by atoms with van der Waals surface area (Å²) >= 11 is 3.14. The van der Waals surface area contributed by atoms with E-state index >= 15 is 0 Å². The highest BCUT2D eigenvalue weighted by Gasteiger charge is 2.22. The molecule has 0 amide bonds. The fourth-order valence-corrected chi connectivity index (χ4v) is 6.25. The zero-order valence-electron chi connectivity index (χ0n) is 25.8. The number of benzene rings is 3. The third-order valence-corrected chi connectivity index (χ3v) is 9.20. The van der Waals surface area contributed by atoms with Gasteiger partial charge >= 0.3 is 0 Å². The van der Waals surface area contributed by atoms with Gasteiger partial charge in [-0.1, -0.05) is 71.9 Å². The van der Waals surface area contributed by atoms with E-state index in [-0.39, 0.29) is 35.2 Å². The molecule has 0 unspecified atom stereocenters. The second-order valence-corrected chi connectivity index (χ2v) is 14.8. The molecule has 0 aliphatic heterocycles. The molecule has 0 saturated carbocycles. The van der Waals surface area contributed by atoms with Crippen LogP contribution in [-0.2, 0) is 29.4 Å². The maximum atomic E-state index is 13.6. The molecule has 8 N–H and O–H groups in total. The lowest BCUT2D eigenvalue weighted by Gasteiger charge is -2.23. The van der Waals surface area contributed by atoms with Crippen molar-refractivity contribution in [1.82, 2.24) is 0 Å². The van der Waals surface area contributed by atoms with Crippen molar-refractivity contribution >= 4 is 46.5 Å². The zero-order chi connectivity index (χ0) is 31.2. The summed E-state index contributed by atoms with van der Waals surface area (Å²) in [7, 11) is 0. The van der Waals surface area contributed by atoms with Crippen LogP contribution in [0.5, 0.6) is 0 Å². The minimum absolute atomic E-state index is 0.0627. The molecule has 226 valence electrons. The van der Waals surface area contributed by atoms with Crippen LogP contribution in [0.2, 0.25) is 0 Å². The van der Waals surface area contributed by atoms with Crippen molar-refractivity contribution in [2.24, 2.45) is 11.5 Å². The van der Waals surface area contributed by atoms with Gasteiger partial charge in [0, 0.05) is 64.2 Å². The number of Topliss-reactive ketones (excluding diaryl/α,β-unsaturated/α-hetero) is 2. The lowest BCUT2D eigenvalue weighted by molar-refractivity contribution is 0.0991. The normalized spacial score (nSPS) is 12.0. The van der Waals surface area contributed by atoms with Crippen molar-refractivity contribution in [3.63, 3.8) is 0 Å². The number of nitrogens with two attached hydrogens (primary N) is 4. The van der Waals surface area contributed by atoms with Gasteiger partial charge in [-0.25, -0.2) is 0 Å². The third kappa shape index (κ3) is 8.63. The molecule has 42 heavy (non-hydrogen) atoms. The van der Waals surface area contributed by atoms with E-state index in [2.05, 4.69) is 53.7 Å². The maximum Gasteiger partial charge on any atom is 0.167 e. The molecule has 3 aromatic rings. The average molecular weight is 607 g/mol. The van der Waals surface area contributed by atoms with Crippen LogP contribution < -0.4 is 22.9 Å². The highest BCUT2D eigenvalue weighted by molar-refractivity contribution is 7.99. The second-order valence-electron chi connectivity index (χ2n) is 12.7. The first kappa shape index (κ1) is 33.7. The third-order valence-electron chi connectivity index (χ3n) is 7.24. The Bertz CT molecular complexity index is 1330. The SMILES string of the molecule is CC(C)(C)c1cc(N)c(CSCN)c(CC(=O)c2cccc(C(=O)Cc3cc(C(C)(C)C)cc(N)c3SCCN)c2)c1. The first-order chi connectivity index (χ1) is 19.6. The molecule has 6 nitrogen and oxygen atoms in total. The van der Waals surface area contributed by atoms with Gasteiger partial charge < -0.3 is 22.9 Å². The number of ketones is 2. The number of thioether (sulfide) groups is 2. The maximum absolute atomic E-state index is 13.6. The number of carbonyl (C=O) groups is 2. The molecule has 0 aromatic heterocycles. The summed E-state index contributed by atoms with van der Waals surface area (Å²) in [6, 6.07) is 15.2. The summed E-state index contributed by atoms with van der Waals surface area (Å²) in [5, 5.41) is 0. The molecule has 0 fully saturated rings. The number of rotatable bonds is 12. The van der Waals surface area contributed by atoms with E-state index < -0.39 is 0 Å². The molecule has 8 heteroatoms. The van der Waals surface area contributed by atoms with Gasteiger partial charge in [-0.2, -0.15) is 0 Å². The highest BCUT2D eigenvalue weighted by Crippen LogP contribution is 2.35. The molecule has 0 bridgehead atoms. The first-order valence-corrected chi connectivity index (χ1v) is 16.4. The molecule has 0 heterocycles. The van der Waals surface area contributed by atoms with Crippen molar-refractivity contribution in [2.45, 2.75) is 75.9 Å². The molecule has 0 aliphatic carbocycles. The quantitative estimate of drug-likeness (QED) is 0.0794. The van der Waals surface area contributed by atoms with Crippen LogP contribution in [0.15, 0.2) is 53.4 Å². The Kier molecular flexibility index (Phi) is 11.3. The highest BCUT2D eigenvalue weighted by atomic mass is 32.2. The van der Waals surface area contributed by atoms with Crippen LogP contribution in [0, 0.1) is 0 Å². The van der Waals surface area contributed by atoms with E-state index in [1.54, 1.807) is 47.8 Å². The van der Waals surface area contributed by atoms with E-state index in [1.165, 1.54) is 0 Å². The largest absolute Gasteiger partial charge is 0.398 e. The molecule has 0 saturated heterocycles. The van der Waals surface area contributed by atoms with E-state index in [0.717, 1.165) is 32.7 Å². The second kappa shape index (κ2) is 14.1. The van der Waals surface area contributed by atoms with Crippen LogP contribution in [-0.4, -0.2) is 29.7 Å². The van der Waals surface area contributed by atoms with Crippen LogP contribution >= 0.6 is 23.5 Å². The van der Waals surface area contributed by atoms with Crippen LogP contribution in [0.3, 0.4) is 0 Å². The Balaban J connectivity index is 1.93. The van der Waals surface area contributed by atoms with Gasteiger partial charge in [0.2, 0.25) is 0 Å². The molecule has 3 rings (SSSR count). The van der Waals surface area contributed by atoms with Crippen LogP contribution in [0.25, 0.3) is 0 Å². The molecule has 0 spiro atoms. The summed E-state index contributed by atoms with van der Waals surface area (Å²) < 4.78 is 0. The van der Waals surface area contributed by atoms with Gasteiger partial charge in [0.25, 0.3) is 0 Å². The topological polar surface area (TPSA) is 138 Å². The van der Waals surface area contributed by atoms with Crippen molar-refractivity contribution in [1.29, 1.82) is 0 Å². The summed E-state index contributed by atoms with van der Waals surface area (Å²) in [6.07, 6.45) is 0.375. The van der Waals surface area contributed by atoms with E-state index in [4.69, 9.17) is 22.9 Å². The fraction of sp³-hybridized carbons (Fsp3) is 0.412. The molecular weight excluding hydrogens is 561 g/mol. The minimum atomic E-state index is -0.121. The minimum Gasteiger partial charge on any atom is -0.398 e. The number of hydrogen-bond donors (Lipinski definition) is 4. The standard InChI is InChI=1S/C34H46N4O2S2/c1-33(2,3)25-13-23(27(19-41-20-36)28(37)17-25)15-30(39)21-8-7-9-22(12-21)31(40)16-24-14-26(34(4,5)6)18-29(38)32(24)42-11-10-35/h7-9,12-14,17-18H,10-11,15-16,19-20,35-38H2,1-6H3. The Morgan fingerprint density at radius 3 is 1.79 bits per heavy atom. The lowest BCUT2D eigenvalue weighted by atomic mass is 9.83. The fourth-order valence-electron chi connectivity index (χ4n) is 4.72. The molecule has 0 atom stereocenters. The monoisotopic (exact) mass is 606 g/mol. The van der Waals surface area contributed by atoms with Crippen LogP contribution in [0.4, 0.5) is 11.4 Å². The average Bonchev–Trinajstić information content (AvgIpc) is 2.91. The van der Waals surface area contributed by atoms with Crippen molar-refractivity contribution in [3.05, 3.63) is 87.5 Å². The molecule has 0 radical (unpaired) electrons. The number of anilines is 2. The summed E-state index contributed by atoms with van der Waals surface area (Å²) in [6.45, 7) is 13.3. The number of nitrogen functional groups attached to an aromatic ring is 2. The summed E-state index contributed by atoms with van der Waals surface area (Å²) in [5.74, 6) is 1.68. The molecular formula is C34H46N4O2S2. The van der Waals surface area contributed by atoms with Gasteiger partial charge in [0.1, 0.15) is 0 Å². The molecule has 0 aliphatic rings. The van der Waals surface area contributed by atoms with E-state index in [0.29, 0.717) is 46.4 Å². The Labute approximate surface area is 259 Å². The van der Waals surface area contributed by atoms with Crippen molar-refractivity contribution in [3.8, 4) is 0 Å². The number of carbonyl (C=O) groups excluding carboxylic acids is 2. The van der Waals surface area contributed by atoms with Crippen molar-refractivity contribution < 1.29 is 9.59 Å². The van der Waals surface area contributed by atoms with Gasteiger partial charge in [0.15, 0.2) is 11.6 Å². The molecule has 3 aromatic carbocycles. The zero-order valence-corrected chi connectivity index (χ0v) is 27.4.